The molecule has 1 aromatic heterocycles. The molecule has 0 atom stereocenters. The van der Waals surface area contributed by atoms with Gasteiger partial charge in [0, 0.05) is 36.7 Å². The number of anilines is 1. The van der Waals surface area contributed by atoms with Gasteiger partial charge < -0.3 is 19.1 Å². The second kappa shape index (κ2) is 12.7. The molecule has 0 bridgehead atoms. The van der Waals surface area contributed by atoms with E-state index in [1.54, 1.807) is 38.5 Å². The van der Waals surface area contributed by atoms with Crippen molar-refractivity contribution in [2.45, 2.75) is 6.92 Å². The van der Waals surface area contributed by atoms with Crippen LogP contribution in [0.5, 0.6) is 11.5 Å². The van der Waals surface area contributed by atoms with Crippen LogP contribution in [0.3, 0.4) is 0 Å². The Morgan fingerprint density at radius 2 is 1.64 bits per heavy atom. The first kappa shape index (κ1) is 27.4. The monoisotopic (exact) mass is 528 g/mol. The van der Waals surface area contributed by atoms with Gasteiger partial charge in [-0.3, -0.25) is 19.5 Å². The average molecular weight is 529 g/mol. The number of aromatic nitrogens is 2. The molecule has 39 heavy (non-hydrogen) atoms. The summed E-state index contributed by atoms with van der Waals surface area (Å²) in [5.74, 6) is 0.949. The van der Waals surface area contributed by atoms with Crippen molar-refractivity contribution >= 4 is 17.8 Å². The summed E-state index contributed by atoms with van der Waals surface area (Å²) in [6.45, 7) is 2.35. The number of carbonyl (C=O) groups excluding carboxylic acids is 2. The smallest absolute Gasteiger partial charge is 0.254 e. The predicted octanol–water partition coefficient (Wildman–Crippen LogP) is 4.59. The maximum Gasteiger partial charge on any atom is 0.254 e. The molecule has 0 unspecified atom stereocenters. The maximum atomic E-state index is 13.3. The molecule has 9 nitrogen and oxygen atoms in total. The molecular formula is C30H32N4O5. The lowest BCUT2D eigenvalue weighted by Crippen LogP contribution is -2.40. The molecule has 0 fully saturated rings. The van der Waals surface area contributed by atoms with E-state index in [-0.39, 0.29) is 31.5 Å². The molecule has 0 saturated carbocycles. The van der Waals surface area contributed by atoms with Gasteiger partial charge in [0.15, 0.2) is 0 Å². The molecular weight excluding hydrogens is 496 g/mol. The quantitative estimate of drug-likeness (QED) is 0.306. The Balaban J connectivity index is 1.60. The van der Waals surface area contributed by atoms with Gasteiger partial charge in [-0.25, -0.2) is 4.98 Å². The summed E-state index contributed by atoms with van der Waals surface area (Å²) in [7, 11) is 4.70. The van der Waals surface area contributed by atoms with E-state index in [0.29, 0.717) is 23.0 Å². The molecule has 0 aliphatic rings. The Morgan fingerprint density at radius 1 is 0.923 bits per heavy atom. The van der Waals surface area contributed by atoms with Crippen molar-refractivity contribution in [1.29, 1.82) is 0 Å². The van der Waals surface area contributed by atoms with E-state index in [9.17, 15) is 9.59 Å². The minimum absolute atomic E-state index is 0.183. The Bertz CT molecular complexity index is 1410. The summed E-state index contributed by atoms with van der Waals surface area (Å²) in [6, 6.07) is 22.3. The molecule has 0 aliphatic carbocycles. The number of hydrogen-bond acceptors (Lipinski definition) is 6. The number of imidazole rings is 1. The van der Waals surface area contributed by atoms with Crippen LogP contribution in [0.1, 0.15) is 15.9 Å². The summed E-state index contributed by atoms with van der Waals surface area (Å²) >= 11 is 0. The number of hydrogen-bond donors (Lipinski definition) is 1. The fourth-order valence-corrected chi connectivity index (χ4v) is 4.00. The summed E-state index contributed by atoms with van der Waals surface area (Å²) in [5, 5.41) is 2.90. The van der Waals surface area contributed by atoms with Crippen molar-refractivity contribution in [1.82, 2.24) is 14.5 Å². The summed E-state index contributed by atoms with van der Waals surface area (Å²) in [6.07, 6.45) is 1.87. The van der Waals surface area contributed by atoms with Crippen LogP contribution in [-0.2, 0) is 9.53 Å². The molecule has 0 saturated heterocycles. The van der Waals surface area contributed by atoms with Crippen molar-refractivity contribution < 1.29 is 23.8 Å². The number of benzene rings is 3. The van der Waals surface area contributed by atoms with Gasteiger partial charge in [0.1, 0.15) is 18.0 Å². The molecule has 3 aromatic carbocycles. The van der Waals surface area contributed by atoms with Crippen LogP contribution < -0.4 is 14.8 Å². The molecule has 4 aromatic rings. The predicted molar refractivity (Wildman–Crippen MR) is 150 cm³/mol. The van der Waals surface area contributed by atoms with E-state index in [2.05, 4.69) is 5.32 Å². The number of aryl methyl sites for hydroxylation is 1. The highest BCUT2D eigenvalue weighted by Gasteiger charge is 2.21. The number of rotatable bonds is 11. The Hall–Kier alpha value is -4.63. The van der Waals surface area contributed by atoms with Gasteiger partial charge in [0.2, 0.25) is 11.9 Å². The normalized spacial score (nSPS) is 10.7. The van der Waals surface area contributed by atoms with E-state index >= 15 is 0 Å². The Kier molecular flexibility index (Phi) is 8.96. The molecule has 202 valence electrons. The lowest BCUT2D eigenvalue weighted by molar-refractivity contribution is -0.117. The van der Waals surface area contributed by atoms with Gasteiger partial charge in [-0.15, -0.1) is 0 Å². The van der Waals surface area contributed by atoms with E-state index in [4.69, 9.17) is 19.2 Å². The number of nitrogens with zero attached hydrogens (tertiary/aromatic N) is 3. The third-order valence-corrected chi connectivity index (χ3v) is 6.16. The molecule has 1 N–H and O–H groups in total. The van der Waals surface area contributed by atoms with E-state index in [1.165, 1.54) is 12.0 Å². The van der Waals surface area contributed by atoms with Crippen LogP contribution >= 0.6 is 0 Å². The van der Waals surface area contributed by atoms with Crippen LogP contribution in [0.4, 0.5) is 5.95 Å². The van der Waals surface area contributed by atoms with Crippen LogP contribution in [0.15, 0.2) is 79.0 Å². The van der Waals surface area contributed by atoms with Gasteiger partial charge in [-0.05, 0) is 61.5 Å². The highest BCUT2D eigenvalue weighted by atomic mass is 16.5. The van der Waals surface area contributed by atoms with Crippen molar-refractivity contribution in [3.05, 3.63) is 90.1 Å². The minimum Gasteiger partial charge on any atom is -0.497 e. The third-order valence-electron chi connectivity index (χ3n) is 6.16. The number of nitrogens with one attached hydrogen (secondary N) is 1. The first-order valence-corrected chi connectivity index (χ1v) is 12.4. The lowest BCUT2D eigenvalue weighted by Gasteiger charge is -2.22. The summed E-state index contributed by atoms with van der Waals surface area (Å²) in [5.41, 5.74) is 3.92. The second-order valence-electron chi connectivity index (χ2n) is 8.88. The fraction of sp³-hybridized carbons (Fsp3) is 0.233. The number of carbonyl (C=O) groups is 2. The molecule has 0 spiro atoms. The van der Waals surface area contributed by atoms with Gasteiger partial charge in [-0.1, -0.05) is 23.8 Å². The molecule has 9 heteroatoms. The van der Waals surface area contributed by atoms with E-state index in [1.807, 2.05) is 66.2 Å². The fourth-order valence-electron chi connectivity index (χ4n) is 4.00. The zero-order chi connectivity index (χ0) is 27.8. The standard InChI is InChI=1S/C30H32N4O5/c1-21-8-12-24(13-9-21)34-19-27(22-10-14-25(38-3)15-11-22)31-30(34)32-28(35)20-33(16-17-37-2)29(36)23-6-5-7-26(18-23)39-4/h5-15,18-19H,16-17,20H2,1-4H3,(H,31,32,35). The van der Waals surface area contributed by atoms with Crippen LogP contribution in [0, 0.1) is 6.92 Å². The molecule has 4 rings (SSSR count). The van der Waals surface area contributed by atoms with Gasteiger partial charge in [-0.2, -0.15) is 0 Å². The zero-order valence-electron chi connectivity index (χ0n) is 22.5. The maximum absolute atomic E-state index is 13.3. The first-order chi connectivity index (χ1) is 18.9. The minimum atomic E-state index is -0.386. The summed E-state index contributed by atoms with van der Waals surface area (Å²) < 4.78 is 17.5. The highest BCUT2D eigenvalue weighted by molar-refractivity contribution is 5.99. The second-order valence-corrected chi connectivity index (χ2v) is 8.88. The number of ether oxygens (including phenoxy) is 3. The molecule has 2 amide bonds. The summed E-state index contributed by atoms with van der Waals surface area (Å²) in [4.78, 5) is 32.7. The Labute approximate surface area is 227 Å². The third kappa shape index (κ3) is 6.82. The molecule has 0 aliphatic heterocycles. The lowest BCUT2D eigenvalue weighted by atomic mass is 10.1. The van der Waals surface area contributed by atoms with Crippen LogP contribution in [0.25, 0.3) is 16.9 Å². The van der Waals surface area contributed by atoms with Crippen molar-refractivity contribution in [2.75, 3.05) is 46.3 Å². The largest absolute Gasteiger partial charge is 0.497 e. The van der Waals surface area contributed by atoms with Crippen LogP contribution in [-0.4, -0.2) is 67.3 Å². The Morgan fingerprint density at radius 3 is 2.31 bits per heavy atom. The number of methoxy groups -OCH3 is 3. The number of amides is 2. The van der Waals surface area contributed by atoms with Crippen molar-refractivity contribution in [2.24, 2.45) is 0 Å². The van der Waals surface area contributed by atoms with Gasteiger partial charge in [0.05, 0.1) is 26.5 Å². The van der Waals surface area contributed by atoms with E-state index in [0.717, 1.165) is 22.6 Å². The average Bonchev–Trinajstić information content (AvgIpc) is 3.38. The van der Waals surface area contributed by atoms with E-state index < -0.39 is 0 Å². The van der Waals surface area contributed by atoms with Gasteiger partial charge >= 0.3 is 0 Å². The van der Waals surface area contributed by atoms with Crippen molar-refractivity contribution in [3.8, 4) is 28.4 Å². The zero-order valence-corrected chi connectivity index (χ0v) is 22.5. The molecule has 0 radical (unpaired) electrons. The first-order valence-electron chi connectivity index (χ1n) is 12.4. The topological polar surface area (TPSA) is 94.9 Å². The van der Waals surface area contributed by atoms with Crippen molar-refractivity contribution in [3.63, 3.8) is 0 Å². The highest BCUT2D eigenvalue weighted by Crippen LogP contribution is 2.26. The van der Waals surface area contributed by atoms with Gasteiger partial charge in [0.25, 0.3) is 5.91 Å². The molecule has 1 heterocycles. The SMILES string of the molecule is COCCN(CC(=O)Nc1nc(-c2ccc(OC)cc2)cn1-c1ccc(C)cc1)C(=O)c1cccc(OC)c1. The van der Waals surface area contributed by atoms with Crippen LogP contribution in [0.2, 0.25) is 0 Å².